The highest BCUT2D eigenvalue weighted by Gasteiger charge is 2.09. The van der Waals surface area contributed by atoms with Crippen LogP contribution in [0.5, 0.6) is 5.75 Å². The van der Waals surface area contributed by atoms with Gasteiger partial charge in [0.05, 0.1) is 11.3 Å². The third-order valence-corrected chi connectivity index (χ3v) is 2.51. The molecule has 2 aromatic rings. The minimum atomic E-state index is -1.04. The van der Waals surface area contributed by atoms with E-state index in [0.717, 1.165) is 5.56 Å². The third-order valence-electron chi connectivity index (χ3n) is 2.51. The molecule has 2 N–H and O–H groups in total. The van der Waals surface area contributed by atoms with E-state index in [2.05, 4.69) is 10.2 Å². The van der Waals surface area contributed by atoms with Gasteiger partial charge in [0.1, 0.15) is 11.4 Å². The van der Waals surface area contributed by atoms with Gasteiger partial charge < -0.3 is 10.2 Å². The molecule has 0 saturated heterocycles. The summed E-state index contributed by atoms with van der Waals surface area (Å²) >= 11 is 0. The van der Waals surface area contributed by atoms with Gasteiger partial charge in [-0.3, -0.25) is 0 Å². The molecule has 0 radical (unpaired) electrons. The maximum absolute atomic E-state index is 11.1. The smallest absolute Gasteiger partial charge is 0.337 e. The van der Waals surface area contributed by atoms with Gasteiger partial charge in [-0.2, -0.15) is 5.11 Å². The van der Waals surface area contributed by atoms with Gasteiger partial charge in [-0.25, -0.2) is 4.79 Å². The molecule has 5 nitrogen and oxygen atoms in total. The van der Waals surface area contributed by atoms with Crippen molar-refractivity contribution in [1.29, 1.82) is 0 Å². The molecule has 0 spiro atoms. The Morgan fingerprint density at radius 3 is 2.37 bits per heavy atom. The number of azo groups is 1. The van der Waals surface area contributed by atoms with Crippen LogP contribution in [0.4, 0.5) is 11.4 Å². The van der Waals surface area contributed by atoms with Crippen molar-refractivity contribution >= 4 is 17.3 Å². The minimum absolute atomic E-state index is 0.113. The van der Waals surface area contributed by atoms with Crippen LogP contribution in [0.2, 0.25) is 0 Å². The molecule has 0 unspecified atom stereocenters. The highest BCUT2D eigenvalue weighted by Crippen LogP contribution is 2.24. The fraction of sp³-hybridized carbons (Fsp3) is 0.0714. The Bertz CT molecular complexity index is 634. The number of nitrogens with zero attached hydrogens (tertiary/aromatic N) is 2. The van der Waals surface area contributed by atoms with Crippen LogP contribution in [0.1, 0.15) is 15.9 Å². The van der Waals surface area contributed by atoms with E-state index in [0.29, 0.717) is 11.4 Å². The first kappa shape index (κ1) is 12.8. The van der Waals surface area contributed by atoms with Gasteiger partial charge in [-0.15, -0.1) is 5.11 Å². The lowest BCUT2D eigenvalue weighted by Gasteiger charge is -2.01. The van der Waals surface area contributed by atoms with Crippen LogP contribution in [-0.2, 0) is 0 Å². The summed E-state index contributed by atoms with van der Waals surface area (Å²) in [5.41, 5.74) is 1.80. The number of phenolic OH excluding ortho intramolecular Hbond substituents is 1. The van der Waals surface area contributed by atoms with Gasteiger partial charge in [0.25, 0.3) is 0 Å². The number of rotatable bonds is 3. The zero-order valence-corrected chi connectivity index (χ0v) is 10.2. The predicted octanol–water partition coefficient (Wildman–Crippen LogP) is 3.81. The molecule has 0 aliphatic heterocycles. The van der Waals surface area contributed by atoms with Crippen LogP contribution in [0, 0.1) is 6.92 Å². The lowest BCUT2D eigenvalue weighted by Crippen LogP contribution is -1.96. The van der Waals surface area contributed by atoms with E-state index in [-0.39, 0.29) is 11.3 Å². The van der Waals surface area contributed by atoms with Crippen LogP contribution in [-0.4, -0.2) is 16.2 Å². The van der Waals surface area contributed by atoms with Crippen LogP contribution >= 0.6 is 0 Å². The van der Waals surface area contributed by atoms with Gasteiger partial charge in [-0.05, 0) is 43.3 Å². The molecule has 0 aliphatic rings. The average molecular weight is 256 g/mol. The molecule has 0 aromatic heterocycles. The number of aryl methyl sites for hydroxylation is 1. The molecule has 0 atom stereocenters. The largest absolute Gasteiger partial charge is 0.508 e. The highest BCUT2D eigenvalue weighted by molar-refractivity contribution is 5.93. The number of carboxylic acid groups (broad SMARTS) is 1. The molecule has 0 heterocycles. The maximum atomic E-state index is 11.1. The molecule has 19 heavy (non-hydrogen) atoms. The first-order valence-electron chi connectivity index (χ1n) is 5.61. The van der Waals surface area contributed by atoms with Crippen LogP contribution < -0.4 is 0 Å². The van der Waals surface area contributed by atoms with Crippen molar-refractivity contribution < 1.29 is 15.0 Å². The second kappa shape index (κ2) is 5.30. The summed E-state index contributed by atoms with van der Waals surface area (Å²) in [6.45, 7) is 1.81. The molecule has 2 rings (SSSR count). The molecule has 0 bridgehead atoms. The second-order valence-electron chi connectivity index (χ2n) is 4.04. The zero-order chi connectivity index (χ0) is 13.8. The van der Waals surface area contributed by atoms with Gasteiger partial charge >= 0.3 is 5.97 Å². The number of carboxylic acids is 1. The van der Waals surface area contributed by atoms with E-state index in [4.69, 9.17) is 10.2 Å². The molecule has 96 valence electrons. The monoisotopic (exact) mass is 256 g/mol. The lowest BCUT2D eigenvalue weighted by molar-refractivity contribution is 0.0697. The molecule has 0 fully saturated rings. The normalized spacial score (nSPS) is 10.8. The number of hydrogen-bond acceptors (Lipinski definition) is 4. The summed E-state index contributed by atoms with van der Waals surface area (Å²) in [6.07, 6.45) is 0. The van der Waals surface area contributed by atoms with Crippen molar-refractivity contribution in [2.24, 2.45) is 10.2 Å². The Kier molecular flexibility index (Phi) is 3.56. The molecule has 2 aromatic carbocycles. The average Bonchev–Trinajstić information content (AvgIpc) is 2.39. The quantitative estimate of drug-likeness (QED) is 0.819. The Morgan fingerprint density at radius 2 is 1.74 bits per heavy atom. The van der Waals surface area contributed by atoms with E-state index >= 15 is 0 Å². The summed E-state index contributed by atoms with van der Waals surface area (Å²) in [6, 6.07) is 11.1. The van der Waals surface area contributed by atoms with Crippen molar-refractivity contribution in [3.8, 4) is 5.75 Å². The van der Waals surface area contributed by atoms with Crippen molar-refractivity contribution in [1.82, 2.24) is 0 Å². The summed E-state index contributed by atoms with van der Waals surface area (Å²) in [7, 11) is 0. The Labute approximate surface area is 109 Å². The van der Waals surface area contributed by atoms with E-state index in [1.165, 1.54) is 12.1 Å². The standard InChI is InChI=1S/C14H12N2O3/c1-9-2-7-13(12(8-9)14(18)19)16-15-10-3-5-11(17)6-4-10/h2-8,17H,1H3,(H,18,19). The van der Waals surface area contributed by atoms with Crippen LogP contribution in [0.25, 0.3) is 0 Å². The summed E-state index contributed by atoms with van der Waals surface area (Å²) in [5.74, 6) is -0.899. The lowest BCUT2D eigenvalue weighted by atomic mass is 10.1. The number of carbonyl (C=O) groups is 1. The summed E-state index contributed by atoms with van der Waals surface area (Å²) < 4.78 is 0. The molecule has 0 aliphatic carbocycles. The van der Waals surface area contributed by atoms with Crippen LogP contribution in [0.3, 0.4) is 0 Å². The van der Waals surface area contributed by atoms with Gasteiger partial charge in [-0.1, -0.05) is 11.6 Å². The number of benzene rings is 2. The third kappa shape index (κ3) is 3.16. The second-order valence-corrected chi connectivity index (χ2v) is 4.04. The zero-order valence-electron chi connectivity index (χ0n) is 10.2. The Hall–Kier alpha value is -2.69. The number of hydrogen-bond donors (Lipinski definition) is 2. The predicted molar refractivity (Wildman–Crippen MR) is 70.4 cm³/mol. The van der Waals surface area contributed by atoms with Gasteiger partial charge in [0.2, 0.25) is 0 Å². The Morgan fingerprint density at radius 1 is 1.05 bits per heavy atom. The summed E-state index contributed by atoms with van der Waals surface area (Å²) in [4.78, 5) is 11.1. The first-order valence-corrected chi connectivity index (χ1v) is 5.61. The van der Waals surface area contributed by atoms with Crippen molar-refractivity contribution in [3.63, 3.8) is 0 Å². The van der Waals surface area contributed by atoms with E-state index < -0.39 is 5.97 Å². The van der Waals surface area contributed by atoms with Gasteiger partial charge in [0.15, 0.2) is 0 Å². The molecule has 0 amide bonds. The van der Waals surface area contributed by atoms with Crippen molar-refractivity contribution in [2.45, 2.75) is 6.92 Å². The first-order chi connectivity index (χ1) is 9.06. The Balaban J connectivity index is 2.32. The van der Waals surface area contributed by atoms with E-state index in [1.807, 2.05) is 6.92 Å². The fourth-order valence-corrected chi connectivity index (χ4v) is 1.54. The molecular weight excluding hydrogens is 244 g/mol. The molecule has 0 saturated carbocycles. The topological polar surface area (TPSA) is 82.2 Å². The van der Waals surface area contributed by atoms with Gasteiger partial charge in [0, 0.05) is 0 Å². The highest BCUT2D eigenvalue weighted by atomic mass is 16.4. The van der Waals surface area contributed by atoms with Crippen molar-refractivity contribution in [2.75, 3.05) is 0 Å². The maximum Gasteiger partial charge on any atom is 0.337 e. The summed E-state index contributed by atoms with van der Waals surface area (Å²) in [5, 5.41) is 26.1. The minimum Gasteiger partial charge on any atom is -0.508 e. The van der Waals surface area contributed by atoms with E-state index in [9.17, 15) is 4.79 Å². The van der Waals surface area contributed by atoms with E-state index in [1.54, 1.807) is 30.3 Å². The van der Waals surface area contributed by atoms with Crippen molar-refractivity contribution in [3.05, 3.63) is 53.6 Å². The number of phenols is 1. The number of aromatic carboxylic acids is 1. The molecular formula is C14H12N2O3. The number of aromatic hydroxyl groups is 1. The van der Waals surface area contributed by atoms with Crippen LogP contribution in [0.15, 0.2) is 52.7 Å². The molecule has 5 heteroatoms. The SMILES string of the molecule is Cc1ccc(N=Nc2ccc(O)cc2)c(C(=O)O)c1. The fourth-order valence-electron chi connectivity index (χ4n) is 1.54.